The lowest BCUT2D eigenvalue weighted by atomic mass is 10.2. The summed E-state index contributed by atoms with van der Waals surface area (Å²) < 4.78 is 43.1. The third-order valence-electron chi connectivity index (χ3n) is 4.60. The highest BCUT2D eigenvalue weighted by atomic mass is 32.2. The number of aromatic amines is 1. The van der Waals surface area contributed by atoms with Crippen LogP contribution >= 0.6 is 23.5 Å². The molecule has 0 radical (unpaired) electrons. The Balaban J connectivity index is 1.43. The van der Waals surface area contributed by atoms with Gasteiger partial charge >= 0.3 is 6.61 Å². The number of nitrogens with zero attached hydrogens (tertiary/aromatic N) is 2. The van der Waals surface area contributed by atoms with Gasteiger partial charge in [0.25, 0.3) is 0 Å². The second-order valence-corrected chi connectivity index (χ2v) is 8.63. The summed E-state index contributed by atoms with van der Waals surface area (Å²) in [5.74, 6) is 0.990. The maximum atomic E-state index is 13.9. The van der Waals surface area contributed by atoms with Gasteiger partial charge < -0.3 is 9.72 Å². The van der Waals surface area contributed by atoms with E-state index in [1.54, 1.807) is 36.2 Å². The first-order valence-corrected chi connectivity index (χ1v) is 11.3. The number of ether oxygens (including phenoxy) is 1. The molecule has 0 saturated heterocycles. The predicted molar refractivity (Wildman–Crippen MR) is 117 cm³/mol. The third-order valence-corrected chi connectivity index (χ3v) is 6.70. The van der Waals surface area contributed by atoms with E-state index in [1.807, 2.05) is 19.1 Å². The Morgan fingerprint density at radius 3 is 2.71 bits per heavy atom. The smallest absolute Gasteiger partial charge is 0.387 e. The summed E-state index contributed by atoms with van der Waals surface area (Å²) in [6, 6.07) is 13.3. The average molecular weight is 462 g/mol. The van der Waals surface area contributed by atoms with E-state index in [1.165, 1.54) is 30.0 Å². The zero-order chi connectivity index (χ0) is 21.8. The molecular weight excluding hydrogens is 443 g/mol. The summed E-state index contributed by atoms with van der Waals surface area (Å²) in [6.45, 7) is -0.873. The second-order valence-electron chi connectivity index (χ2n) is 6.65. The molecule has 0 fully saturated rings. The molecule has 0 amide bonds. The lowest BCUT2D eigenvalue weighted by Crippen LogP contribution is -2.01. The fourth-order valence-electron chi connectivity index (χ4n) is 2.98. The summed E-state index contributed by atoms with van der Waals surface area (Å²) in [5.41, 5.74) is 3.91. The minimum atomic E-state index is -2.87. The molecule has 2 aromatic heterocycles. The minimum Gasteiger partial charge on any atom is -0.435 e. The van der Waals surface area contributed by atoms with Gasteiger partial charge in [0.1, 0.15) is 11.6 Å². The Morgan fingerprint density at radius 2 is 1.90 bits per heavy atom. The van der Waals surface area contributed by atoms with Crippen LogP contribution in [-0.4, -0.2) is 21.6 Å². The number of hydrogen-bond acceptors (Lipinski definition) is 5. The van der Waals surface area contributed by atoms with Gasteiger partial charge in [-0.2, -0.15) is 8.78 Å². The van der Waals surface area contributed by atoms with Crippen LogP contribution in [0.3, 0.4) is 0 Å². The van der Waals surface area contributed by atoms with Crippen LogP contribution in [0.4, 0.5) is 13.2 Å². The van der Waals surface area contributed by atoms with E-state index in [9.17, 15) is 13.2 Å². The number of aromatic nitrogens is 3. The van der Waals surface area contributed by atoms with E-state index in [-0.39, 0.29) is 11.6 Å². The van der Waals surface area contributed by atoms with Crippen molar-refractivity contribution in [3.05, 3.63) is 77.4 Å². The number of benzene rings is 2. The van der Waals surface area contributed by atoms with E-state index in [4.69, 9.17) is 0 Å². The first kappa shape index (κ1) is 21.6. The van der Waals surface area contributed by atoms with Gasteiger partial charge in [-0.15, -0.1) is 11.8 Å². The summed E-state index contributed by atoms with van der Waals surface area (Å²) in [5, 5.41) is 0.662. The van der Waals surface area contributed by atoms with Crippen molar-refractivity contribution in [3.8, 4) is 5.75 Å². The zero-order valence-corrected chi connectivity index (χ0v) is 18.1. The molecule has 0 aliphatic carbocycles. The van der Waals surface area contributed by atoms with Crippen molar-refractivity contribution < 1.29 is 17.9 Å². The Bertz CT molecular complexity index is 1200. The second kappa shape index (κ2) is 9.65. The molecule has 0 aliphatic heterocycles. The molecule has 1 N–H and O–H groups in total. The van der Waals surface area contributed by atoms with Crippen LogP contribution in [0.25, 0.3) is 11.0 Å². The van der Waals surface area contributed by atoms with Crippen LogP contribution < -0.4 is 4.74 Å². The highest BCUT2D eigenvalue weighted by Gasteiger charge is 2.11. The number of pyridine rings is 1. The molecule has 4 nitrogen and oxygen atoms in total. The van der Waals surface area contributed by atoms with Crippen molar-refractivity contribution in [2.24, 2.45) is 0 Å². The van der Waals surface area contributed by atoms with Crippen LogP contribution in [0, 0.1) is 12.7 Å². The van der Waals surface area contributed by atoms with Gasteiger partial charge in [-0.1, -0.05) is 30.0 Å². The minimum absolute atomic E-state index is 0.0719. The molecule has 4 aromatic rings. The van der Waals surface area contributed by atoms with Crippen LogP contribution in [-0.2, 0) is 11.5 Å². The first-order valence-electron chi connectivity index (χ1n) is 9.37. The van der Waals surface area contributed by atoms with Crippen molar-refractivity contribution >= 4 is 34.6 Å². The summed E-state index contributed by atoms with van der Waals surface area (Å²) in [4.78, 5) is 13.1. The lowest BCUT2D eigenvalue weighted by Gasteiger charge is -2.10. The summed E-state index contributed by atoms with van der Waals surface area (Å²) in [7, 11) is 0. The molecule has 4 rings (SSSR count). The van der Waals surface area contributed by atoms with Crippen LogP contribution in [0.15, 0.2) is 64.8 Å². The van der Waals surface area contributed by atoms with Crippen molar-refractivity contribution in [2.45, 2.75) is 35.1 Å². The number of thioether (sulfide) groups is 2. The molecule has 2 aromatic carbocycles. The summed E-state index contributed by atoms with van der Waals surface area (Å²) >= 11 is 3.04. The normalized spacial score (nSPS) is 11.4. The van der Waals surface area contributed by atoms with Crippen molar-refractivity contribution in [1.29, 1.82) is 0 Å². The molecule has 0 spiro atoms. The predicted octanol–water partition coefficient (Wildman–Crippen LogP) is 6.59. The maximum Gasteiger partial charge on any atom is 0.387 e. The maximum absolute atomic E-state index is 13.9. The van der Waals surface area contributed by atoms with Crippen molar-refractivity contribution in [2.75, 3.05) is 0 Å². The first-order chi connectivity index (χ1) is 15.0. The number of alkyl halides is 2. The van der Waals surface area contributed by atoms with Gasteiger partial charge in [0.2, 0.25) is 0 Å². The SMILES string of the molecule is Cc1c(SCc2ccccc2F)ccnc1CSc1nc2cc(OC(F)F)ccc2[nH]1. The van der Waals surface area contributed by atoms with Crippen LogP contribution in [0.2, 0.25) is 0 Å². The number of hydrogen-bond donors (Lipinski definition) is 1. The Hall–Kier alpha value is -2.65. The Morgan fingerprint density at radius 1 is 1.06 bits per heavy atom. The van der Waals surface area contributed by atoms with Gasteiger partial charge in [0.05, 0.1) is 16.7 Å². The van der Waals surface area contributed by atoms with Crippen LogP contribution in [0.5, 0.6) is 5.75 Å². The van der Waals surface area contributed by atoms with Gasteiger partial charge in [0, 0.05) is 28.7 Å². The molecule has 2 heterocycles. The molecular formula is C22H18F3N3OS2. The topological polar surface area (TPSA) is 50.8 Å². The number of H-pyrrole nitrogens is 1. The average Bonchev–Trinajstić information content (AvgIpc) is 3.15. The Kier molecular flexibility index (Phi) is 6.72. The van der Waals surface area contributed by atoms with Gasteiger partial charge in [-0.25, -0.2) is 9.37 Å². The molecule has 0 aliphatic rings. The van der Waals surface area contributed by atoms with E-state index < -0.39 is 6.61 Å². The van der Waals surface area contributed by atoms with Gasteiger partial charge in [0.15, 0.2) is 5.16 Å². The molecule has 9 heteroatoms. The molecule has 31 heavy (non-hydrogen) atoms. The molecule has 0 atom stereocenters. The highest BCUT2D eigenvalue weighted by molar-refractivity contribution is 7.98. The number of halogens is 3. The van der Waals surface area contributed by atoms with E-state index in [0.717, 1.165) is 21.7 Å². The number of fused-ring (bicyclic) bond motifs is 1. The van der Waals surface area contributed by atoms with E-state index >= 15 is 0 Å². The molecule has 0 bridgehead atoms. The standard InChI is InChI=1S/C22H18F3N3OS2/c1-13-19(26-9-8-20(13)30-11-14-4-2-3-5-16(14)23)12-31-22-27-17-7-6-15(29-21(24)25)10-18(17)28-22/h2-10,21H,11-12H2,1H3,(H,27,28). The number of imidazole rings is 1. The number of nitrogens with one attached hydrogen (secondary N) is 1. The zero-order valence-electron chi connectivity index (χ0n) is 16.4. The largest absolute Gasteiger partial charge is 0.435 e. The molecule has 0 saturated carbocycles. The lowest BCUT2D eigenvalue weighted by molar-refractivity contribution is -0.0497. The molecule has 0 unspecified atom stereocenters. The van der Waals surface area contributed by atoms with Crippen LogP contribution in [0.1, 0.15) is 16.8 Å². The van der Waals surface area contributed by atoms with Crippen molar-refractivity contribution in [3.63, 3.8) is 0 Å². The van der Waals surface area contributed by atoms with Gasteiger partial charge in [-0.3, -0.25) is 4.98 Å². The number of rotatable bonds is 8. The third kappa shape index (κ3) is 5.34. The monoisotopic (exact) mass is 461 g/mol. The van der Waals surface area contributed by atoms with E-state index in [0.29, 0.717) is 27.7 Å². The Labute approximate surface area is 185 Å². The molecule has 160 valence electrons. The van der Waals surface area contributed by atoms with E-state index in [2.05, 4.69) is 19.7 Å². The quantitative estimate of drug-likeness (QED) is 0.300. The summed E-state index contributed by atoms with van der Waals surface area (Å²) in [6.07, 6.45) is 1.75. The fraction of sp³-hybridized carbons (Fsp3) is 0.182. The fourth-order valence-corrected chi connectivity index (χ4v) is 4.92. The van der Waals surface area contributed by atoms with Crippen molar-refractivity contribution in [1.82, 2.24) is 15.0 Å². The van der Waals surface area contributed by atoms with Gasteiger partial charge in [-0.05, 0) is 42.3 Å². The highest BCUT2D eigenvalue weighted by Crippen LogP contribution is 2.31.